The van der Waals surface area contributed by atoms with E-state index in [0.717, 1.165) is 0 Å². The number of nitrogens with two attached hydrogens (primary N) is 1. The molecule has 0 spiro atoms. The van der Waals surface area contributed by atoms with Crippen LogP contribution in [0.4, 0.5) is 0 Å². The van der Waals surface area contributed by atoms with Crippen molar-refractivity contribution < 1.29 is 0 Å². The van der Waals surface area contributed by atoms with Crippen molar-refractivity contribution in [3.05, 3.63) is 33.0 Å². The van der Waals surface area contributed by atoms with Crippen molar-refractivity contribution in [3.63, 3.8) is 0 Å². The van der Waals surface area contributed by atoms with Crippen LogP contribution in [0.5, 0.6) is 0 Å². The molecule has 0 aliphatic heterocycles. The van der Waals surface area contributed by atoms with Crippen LogP contribution in [0.3, 0.4) is 0 Å². The molecule has 6 heteroatoms. The van der Waals surface area contributed by atoms with Gasteiger partial charge in [-0.1, -0.05) is 34.8 Å². The SMILES string of the molecule is NCc1nc2cc(Cl)c(Cl)cc2nc1Cl. The van der Waals surface area contributed by atoms with Crippen molar-refractivity contribution in [2.45, 2.75) is 6.54 Å². The Balaban J connectivity index is 2.76. The predicted molar refractivity (Wildman–Crippen MR) is 62.5 cm³/mol. The Morgan fingerprint density at radius 2 is 1.53 bits per heavy atom. The van der Waals surface area contributed by atoms with E-state index in [2.05, 4.69) is 9.97 Å². The molecule has 1 heterocycles. The third-order valence-corrected chi connectivity index (χ3v) is 2.95. The second kappa shape index (κ2) is 4.10. The van der Waals surface area contributed by atoms with Crippen LogP contribution >= 0.6 is 34.8 Å². The molecule has 15 heavy (non-hydrogen) atoms. The molecule has 0 amide bonds. The average Bonchev–Trinajstić information content (AvgIpc) is 2.20. The third kappa shape index (κ3) is 2.01. The number of rotatable bonds is 1. The van der Waals surface area contributed by atoms with Gasteiger partial charge in [-0.05, 0) is 12.1 Å². The van der Waals surface area contributed by atoms with E-state index in [9.17, 15) is 0 Å². The predicted octanol–water partition coefficient (Wildman–Crippen LogP) is 3.05. The second-order valence-corrected chi connectivity index (χ2v) is 4.09. The minimum atomic E-state index is 0.238. The van der Waals surface area contributed by atoms with Crippen molar-refractivity contribution in [2.24, 2.45) is 5.73 Å². The van der Waals surface area contributed by atoms with E-state index in [-0.39, 0.29) is 6.54 Å². The van der Waals surface area contributed by atoms with Crippen LogP contribution in [0.1, 0.15) is 5.69 Å². The van der Waals surface area contributed by atoms with Gasteiger partial charge in [-0.3, -0.25) is 0 Å². The number of fused-ring (bicyclic) bond motifs is 1. The molecular formula is C9H6Cl3N3. The molecule has 0 aliphatic carbocycles. The van der Waals surface area contributed by atoms with Crippen molar-refractivity contribution in [1.29, 1.82) is 0 Å². The van der Waals surface area contributed by atoms with Crippen molar-refractivity contribution >= 4 is 45.8 Å². The van der Waals surface area contributed by atoms with Crippen LogP contribution in [-0.4, -0.2) is 9.97 Å². The molecule has 0 radical (unpaired) electrons. The van der Waals surface area contributed by atoms with Crippen LogP contribution in [-0.2, 0) is 6.54 Å². The lowest BCUT2D eigenvalue weighted by Gasteiger charge is -2.04. The molecule has 78 valence electrons. The van der Waals surface area contributed by atoms with E-state index < -0.39 is 0 Å². The Kier molecular flexibility index (Phi) is 2.98. The zero-order valence-corrected chi connectivity index (χ0v) is 9.74. The van der Waals surface area contributed by atoms with Gasteiger partial charge in [-0.25, -0.2) is 9.97 Å². The number of hydrogen-bond donors (Lipinski definition) is 1. The molecule has 3 nitrogen and oxygen atoms in total. The molecule has 1 aromatic heterocycles. The summed E-state index contributed by atoms with van der Waals surface area (Å²) in [6.07, 6.45) is 0. The van der Waals surface area contributed by atoms with E-state index in [1.165, 1.54) is 0 Å². The van der Waals surface area contributed by atoms with Gasteiger partial charge >= 0.3 is 0 Å². The summed E-state index contributed by atoms with van der Waals surface area (Å²) in [6, 6.07) is 3.26. The summed E-state index contributed by atoms with van der Waals surface area (Å²) in [6.45, 7) is 0.238. The summed E-state index contributed by atoms with van der Waals surface area (Å²) in [7, 11) is 0. The van der Waals surface area contributed by atoms with Gasteiger partial charge in [0.05, 0.1) is 26.8 Å². The van der Waals surface area contributed by atoms with E-state index >= 15 is 0 Å². The quantitative estimate of drug-likeness (QED) is 0.859. The van der Waals surface area contributed by atoms with Crippen LogP contribution in [0, 0.1) is 0 Å². The van der Waals surface area contributed by atoms with Gasteiger partial charge < -0.3 is 5.73 Å². The molecule has 0 bridgehead atoms. The average molecular weight is 263 g/mol. The van der Waals surface area contributed by atoms with E-state index in [1.54, 1.807) is 12.1 Å². The highest BCUT2D eigenvalue weighted by atomic mass is 35.5. The lowest BCUT2D eigenvalue weighted by atomic mass is 10.3. The summed E-state index contributed by atoms with van der Waals surface area (Å²) in [5.41, 5.74) is 7.24. The summed E-state index contributed by atoms with van der Waals surface area (Å²) >= 11 is 17.6. The Hall–Kier alpha value is -0.610. The molecule has 0 atom stereocenters. The lowest BCUT2D eigenvalue weighted by Crippen LogP contribution is -2.02. The first-order valence-electron chi connectivity index (χ1n) is 4.13. The fourth-order valence-electron chi connectivity index (χ4n) is 1.20. The smallest absolute Gasteiger partial charge is 0.152 e. The molecule has 0 fully saturated rings. The molecular weight excluding hydrogens is 256 g/mol. The topological polar surface area (TPSA) is 51.8 Å². The highest BCUT2D eigenvalue weighted by Crippen LogP contribution is 2.27. The Morgan fingerprint density at radius 3 is 2.07 bits per heavy atom. The second-order valence-electron chi connectivity index (χ2n) is 2.92. The van der Waals surface area contributed by atoms with Gasteiger partial charge in [0.2, 0.25) is 0 Å². The summed E-state index contributed by atoms with van der Waals surface area (Å²) < 4.78 is 0. The highest BCUT2D eigenvalue weighted by Gasteiger charge is 2.07. The lowest BCUT2D eigenvalue weighted by molar-refractivity contribution is 0.988. The summed E-state index contributed by atoms with van der Waals surface area (Å²) in [5, 5.41) is 1.15. The maximum atomic E-state index is 5.87. The van der Waals surface area contributed by atoms with Crippen LogP contribution < -0.4 is 5.73 Å². The molecule has 2 aromatic rings. The molecule has 1 aromatic carbocycles. The Morgan fingerprint density at radius 1 is 1.00 bits per heavy atom. The van der Waals surface area contributed by atoms with Gasteiger partial charge in [0.15, 0.2) is 5.15 Å². The van der Waals surface area contributed by atoms with Crippen molar-refractivity contribution in [2.75, 3.05) is 0 Å². The minimum absolute atomic E-state index is 0.238. The Bertz CT molecular complexity index is 527. The molecule has 0 aliphatic rings. The fourth-order valence-corrected chi connectivity index (χ4v) is 1.72. The fraction of sp³-hybridized carbons (Fsp3) is 0.111. The van der Waals surface area contributed by atoms with Gasteiger partial charge in [-0.2, -0.15) is 0 Å². The van der Waals surface area contributed by atoms with Gasteiger partial charge in [-0.15, -0.1) is 0 Å². The van der Waals surface area contributed by atoms with Gasteiger partial charge in [0.1, 0.15) is 0 Å². The maximum absolute atomic E-state index is 5.87. The zero-order valence-electron chi connectivity index (χ0n) is 7.47. The largest absolute Gasteiger partial charge is 0.325 e. The molecule has 0 saturated heterocycles. The maximum Gasteiger partial charge on any atom is 0.152 e. The van der Waals surface area contributed by atoms with E-state index in [1.807, 2.05) is 0 Å². The third-order valence-electron chi connectivity index (χ3n) is 1.92. The highest BCUT2D eigenvalue weighted by molar-refractivity contribution is 6.42. The number of nitrogens with zero attached hydrogens (tertiary/aromatic N) is 2. The normalized spacial score (nSPS) is 10.9. The monoisotopic (exact) mass is 261 g/mol. The molecule has 0 saturated carbocycles. The zero-order chi connectivity index (χ0) is 11.0. The van der Waals surface area contributed by atoms with Crippen molar-refractivity contribution in [3.8, 4) is 0 Å². The number of aromatic nitrogens is 2. The van der Waals surface area contributed by atoms with Crippen LogP contribution in [0.2, 0.25) is 15.2 Å². The first-order valence-corrected chi connectivity index (χ1v) is 5.26. The standard InChI is InChI=1S/C9H6Cl3N3/c10-4-1-6-7(2-5(4)11)15-9(12)8(3-13)14-6/h1-2H,3,13H2. The van der Waals surface area contributed by atoms with Crippen LogP contribution in [0.25, 0.3) is 11.0 Å². The number of benzene rings is 1. The minimum Gasteiger partial charge on any atom is -0.325 e. The number of hydrogen-bond acceptors (Lipinski definition) is 3. The molecule has 2 rings (SSSR count). The first-order chi connectivity index (χ1) is 7.11. The van der Waals surface area contributed by atoms with E-state index in [4.69, 9.17) is 40.5 Å². The first kappa shape index (κ1) is 10.9. The van der Waals surface area contributed by atoms with Gasteiger partial charge in [0.25, 0.3) is 0 Å². The number of halogens is 3. The Labute approximate surface area is 101 Å². The summed E-state index contributed by atoms with van der Waals surface area (Å²) in [4.78, 5) is 8.36. The summed E-state index contributed by atoms with van der Waals surface area (Å²) in [5.74, 6) is 0. The van der Waals surface area contributed by atoms with Crippen LogP contribution in [0.15, 0.2) is 12.1 Å². The van der Waals surface area contributed by atoms with Gasteiger partial charge in [0, 0.05) is 6.54 Å². The van der Waals surface area contributed by atoms with E-state index in [0.29, 0.717) is 31.9 Å². The molecule has 0 unspecified atom stereocenters. The van der Waals surface area contributed by atoms with Crippen molar-refractivity contribution in [1.82, 2.24) is 9.97 Å². The molecule has 2 N–H and O–H groups in total.